The summed E-state index contributed by atoms with van der Waals surface area (Å²) in [7, 11) is 2.13. The summed E-state index contributed by atoms with van der Waals surface area (Å²) in [5.41, 5.74) is 2.10. The standard InChI is InChI=1S/C19H26BrN/c1-21-18(16-2-4-17(20)5-3-16)12-19-9-13-6-14(10-19)8-15(7-13)11-19/h2-5,13-15,18,21H,6-12H2,1H3. The van der Waals surface area contributed by atoms with Crippen LogP contribution < -0.4 is 5.32 Å². The Bertz CT molecular complexity index is 472. The van der Waals surface area contributed by atoms with Gasteiger partial charge in [0.05, 0.1) is 0 Å². The third kappa shape index (κ3) is 2.70. The monoisotopic (exact) mass is 347 g/mol. The number of benzene rings is 1. The first-order valence-corrected chi connectivity index (χ1v) is 9.38. The molecule has 4 aliphatic carbocycles. The normalized spacial score (nSPS) is 38.7. The SMILES string of the molecule is CNC(CC12CC3CC(CC(C3)C1)C2)c1ccc(Br)cc1. The minimum absolute atomic E-state index is 0.523. The molecule has 0 heterocycles. The summed E-state index contributed by atoms with van der Waals surface area (Å²) in [5, 5.41) is 3.60. The zero-order valence-corrected chi connectivity index (χ0v) is 14.5. The Labute approximate surface area is 137 Å². The molecule has 1 nitrogen and oxygen atoms in total. The summed E-state index contributed by atoms with van der Waals surface area (Å²) in [4.78, 5) is 0. The van der Waals surface area contributed by atoms with Crippen LogP contribution in [0, 0.1) is 23.2 Å². The van der Waals surface area contributed by atoms with Crippen molar-refractivity contribution in [3.05, 3.63) is 34.3 Å². The number of halogens is 1. The molecule has 4 saturated carbocycles. The van der Waals surface area contributed by atoms with Gasteiger partial charge in [-0.15, -0.1) is 0 Å². The maximum absolute atomic E-state index is 3.60. The Kier molecular flexibility index (Phi) is 3.66. The van der Waals surface area contributed by atoms with Gasteiger partial charge >= 0.3 is 0 Å². The molecule has 114 valence electrons. The van der Waals surface area contributed by atoms with E-state index in [9.17, 15) is 0 Å². The van der Waals surface area contributed by atoms with Gasteiger partial charge in [0.25, 0.3) is 0 Å². The van der Waals surface area contributed by atoms with Crippen LogP contribution in [-0.2, 0) is 0 Å². The largest absolute Gasteiger partial charge is 0.313 e. The van der Waals surface area contributed by atoms with E-state index in [0.29, 0.717) is 11.5 Å². The Hall–Kier alpha value is -0.340. The average molecular weight is 348 g/mol. The van der Waals surface area contributed by atoms with Crippen molar-refractivity contribution in [1.29, 1.82) is 0 Å². The molecule has 0 amide bonds. The second-order valence-electron chi connectivity index (χ2n) is 8.01. The lowest BCUT2D eigenvalue weighted by Crippen LogP contribution is -2.47. The minimum atomic E-state index is 0.523. The zero-order chi connectivity index (χ0) is 14.4. The number of nitrogens with one attached hydrogen (secondary N) is 1. The lowest BCUT2D eigenvalue weighted by molar-refractivity contribution is -0.0619. The number of hydrogen-bond acceptors (Lipinski definition) is 1. The van der Waals surface area contributed by atoms with Crippen molar-refractivity contribution in [3.63, 3.8) is 0 Å². The molecule has 21 heavy (non-hydrogen) atoms. The molecule has 1 atom stereocenters. The third-order valence-electron chi connectivity index (χ3n) is 6.42. The average Bonchev–Trinajstić information content (AvgIpc) is 2.44. The van der Waals surface area contributed by atoms with Crippen LogP contribution in [0.4, 0.5) is 0 Å². The van der Waals surface area contributed by atoms with Gasteiger partial charge in [-0.2, -0.15) is 0 Å². The highest BCUT2D eigenvalue weighted by atomic mass is 79.9. The van der Waals surface area contributed by atoms with Gasteiger partial charge in [-0.05, 0) is 92.9 Å². The maximum Gasteiger partial charge on any atom is 0.0322 e. The van der Waals surface area contributed by atoms with E-state index >= 15 is 0 Å². The first kappa shape index (κ1) is 14.3. The van der Waals surface area contributed by atoms with Crippen molar-refractivity contribution in [2.75, 3.05) is 7.05 Å². The summed E-state index contributed by atoms with van der Waals surface area (Å²) in [6, 6.07) is 9.45. The minimum Gasteiger partial charge on any atom is -0.313 e. The van der Waals surface area contributed by atoms with Crippen molar-refractivity contribution >= 4 is 15.9 Å². The van der Waals surface area contributed by atoms with E-state index in [2.05, 4.69) is 52.6 Å². The number of rotatable bonds is 4. The van der Waals surface area contributed by atoms with E-state index < -0.39 is 0 Å². The first-order chi connectivity index (χ1) is 10.2. The van der Waals surface area contributed by atoms with Crippen molar-refractivity contribution in [3.8, 4) is 0 Å². The quantitative estimate of drug-likeness (QED) is 0.777. The fraction of sp³-hybridized carbons (Fsp3) is 0.684. The van der Waals surface area contributed by atoms with Crippen LogP contribution in [0.3, 0.4) is 0 Å². The fourth-order valence-corrected chi connectivity index (χ4v) is 6.32. The summed E-state index contributed by atoms with van der Waals surface area (Å²) >= 11 is 3.55. The van der Waals surface area contributed by atoms with Crippen molar-refractivity contribution in [2.24, 2.45) is 23.2 Å². The van der Waals surface area contributed by atoms with Gasteiger partial charge in [0, 0.05) is 10.5 Å². The molecule has 0 saturated heterocycles. The lowest BCUT2D eigenvalue weighted by Gasteiger charge is -2.57. The van der Waals surface area contributed by atoms with Gasteiger partial charge < -0.3 is 5.32 Å². The second-order valence-corrected chi connectivity index (χ2v) is 8.93. The summed E-state index contributed by atoms with van der Waals surface area (Å²) < 4.78 is 1.18. The summed E-state index contributed by atoms with van der Waals surface area (Å²) in [5.74, 6) is 3.16. The molecule has 0 aromatic heterocycles. The lowest BCUT2D eigenvalue weighted by atomic mass is 9.48. The maximum atomic E-state index is 3.60. The van der Waals surface area contributed by atoms with Crippen molar-refractivity contribution in [2.45, 2.75) is 51.0 Å². The summed E-state index contributed by atoms with van der Waals surface area (Å²) in [6.07, 6.45) is 10.5. The molecule has 1 aromatic carbocycles. The Morgan fingerprint density at radius 1 is 1.05 bits per heavy atom. The van der Waals surface area contributed by atoms with E-state index in [-0.39, 0.29) is 0 Å². The molecular formula is C19H26BrN. The molecule has 0 radical (unpaired) electrons. The van der Waals surface area contributed by atoms with Gasteiger partial charge in [0.1, 0.15) is 0 Å². The highest BCUT2D eigenvalue weighted by Gasteiger charge is 2.51. The van der Waals surface area contributed by atoms with Crippen LogP contribution in [0.5, 0.6) is 0 Å². The Morgan fingerprint density at radius 2 is 1.57 bits per heavy atom. The van der Waals surface area contributed by atoms with E-state index in [1.807, 2.05) is 0 Å². The van der Waals surface area contributed by atoms with E-state index in [1.54, 1.807) is 19.3 Å². The first-order valence-electron chi connectivity index (χ1n) is 8.58. The van der Waals surface area contributed by atoms with Gasteiger partial charge in [0.2, 0.25) is 0 Å². The molecule has 1 N–H and O–H groups in total. The van der Waals surface area contributed by atoms with Crippen LogP contribution in [0.1, 0.15) is 56.6 Å². The van der Waals surface area contributed by atoms with E-state index in [4.69, 9.17) is 0 Å². The van der Waals surface area contributed by atoms with Crippen LogP contribution in [-0.4, -0.2) is 7.05 Å². The third-order valence-corrected chi connectivity index (χ3v) is 6.95. The molecule has 4 aliphatic rings. The van der Waals surface area contributed by atoms with Crippen molar-refractivity contribution in [1.82, 2.24) is 5.32 Å². The zero-order valence-electron chi connectivity index (χ0n) is 12.9. The Morgan fingerprint density at radius 3 is 2.05 bits per heavy atom. The fourth-order valence-electron chi connectivity index (χ4n) is 6.05. The molecule has 2 heteroatoms. The molecule has 5 rings (SSSR count). The molecule has 4 fully saturated rings. The highest BCUT2D eigenvalue weighted by molar-refractivity contribution is 9.10. The van der Waals surface area contributed by atoms with Gasteiger partial charge in [-0.1, -0.05) is 28.1 Å². The van der Waals surface area contributed by atoms with Gasteiger partial charge in [-0.3, -0.25) is 0 Å². The second kappa shape index (κ2) is 5.38. The van der Waals surface area contributed by atoms with Crippen LogP contribution in [0.2, 0.25) is 0 Å². The van der Waals surface area contributed by atoms with E-state index in [0.717, 1.165) is 17.8 Å². The van der Waals surface area contributed by atoms with Gasteiger partial charge in [0.15, 0.2) is 0 Å². The molecule has 1 unspecified atom stereocenters. The van der Waals surface area contributed by atoms with E-state index in [1.165, 1.54) is 35.7 Å². The van der Waals surface area contributed by atoms with Gasteiger partial charge in [-0.25, -0.2) is 0 Å². The topological polar surface area (TPSA) is 12.0 Å². The highest BCUT2D eigenvalue weighted by Crippen LogP contribution is 2.62. The molecule has 0 spiro atoms. The van der Waals surface area contributed by atoms with Crippen LogP contribution in [0.25, 0.3) is 0 Å². The predicted molar refractivity (Wildman–Crippen MR) is 91.2 cm³/mol. The predicted octanol–water partition coefficient (Wildman–Crippen LogP) is 5.32. The molecular weight excluding hydrogens is 322 g/mol. The van der Waals surface area contributed by atoms with Crippen LogP contribution in [0.15, 0.2) is 28.7 Å². The molecule has 1 aromatic rings. The van der Waals surface area contributed by atoms with Crippen LogP contribution >= 0.6 is 15.9 Å². The number of hydrogen-bond donors (Lipinski definition) is 1. The van der Waals surface area contributed by atoms with Crippen molar-refractivity contribution < 1.29 is 0 Å². The molecule has 4 bridgehead atoms. The summed E-state index contributed by atoms with van der Waals surface area (Å²) in [6.45, 7) is 0. The molecule has 0 aliphatic heterocycles. The smallest absolute Gasteiger partial charge is 0.0322 e. The Balaban J connectivity index is 1.55.